The predicted octanol–water partition coefficient (Wildman–Crippen LogP) is 2.96. The van der Waals surface area contributed by atoms with Crippen LogP contribution in [0.3, 0.4) is 0 Å². The Labute approximate surface area is 172 Å². The number of benzene rings is 2. The Morgan fingerprint density at radius 1 is 1.07 bits per heavy atom. The Balaban J connectivity index is 1.47. The highest BCUT2D eigenvalue weighted by Gasteiger charge is 2.25. The first-order chi connectivity index (χ1) is 14.1. The summed E-state index contributed by atoms with van der Waals surface area (Å²) < 4.78 is 5.43. The molecule has 0 bridgehead atoms. The van der Waals surface area contributed by atoms with Crippen LogP contribution in [0.15, 0.2) is 48.5 Å². The molecule has 0 unspecified atom stereocenters. The fourth-order valence-electron chi connectivity index (χ4n) is 3.37. The first-order valence-corrected chi connectivity index (χ1v) is 10.2. The zero-order chi connectivity index (χ0) is 20.6. The molecule has 1 N–H and O–H groups in total. The van der Waals surface area contributed by atoms with E-state index in [2.05, 4.69) is 48.3 Å². The van der Waals surface area contributed by atoms with Crippen LogP contribution in [-0.2, 0) is 22.7 Å². The van der Waals surface area contributed by atoms with Crippen molar-refractivity contribution >= 4 is 17.5 Å². The second kappa shape index (κ2) is 10.1. The summed E-state index contributed by atoms with van der Waals surface area (Å²) in [7, 11) is 0. The third-order valence-electron chi connectivity index (χ3n) is 5.18. The highest BCUT2D eigenvalue weighted by atomic mass is 16.5. The van der Waals surface area contributed by atoms with Crippen molar-refractivity contribution in [2.45, 2.75) is 33.4 Å². The van der Waals surface area contributed by atoms with Gasteiger partial charge in [0, 0.05) is 26.1 Å². The SMILES string of the molecule is CCN(CC)Cc1ccc(CNC(=O)CCN2C(=O)COc3ccccc32)cc1. The van der Waals surface area contributed by atoms with Gasteiger partial charge in [-0.05, 0) is 36.3 Å². The van der Waals surface area contributed by atoms with E-state index in [0.29, 0.717) is 18.8 Å². The van der Waals surface area contributed by atoms with Crippen LogP contribution >= 0.6 is 0 Å². The zero-order valence-electron chi connectivity index (χ0n) is 17.2. The first kappa shape index (κ1) is 20.9. The van der Waals surface area contributed by atoms with Crippen molar-refractivity contribution in [1.29, 1.82) is 0 Å². The Morgan fingerprint density at radius 2 is 1.76 bits per heavy atom. The van der Waals surface area contributed by atoms with E-state index in [4.69, 9.17) is 4.74 Å². The molecule has 0 fully saturated rings. The van der Waals surface area contributed by atoms with Crippen LogP contribution in [0, 0.1) is 0 Å². The highest BCUT2D eigenvalue weighted by Crippen LogP contribution is 2.31. The molecule has 1 aliphatic heterocycles. The van der Waals surface area contributed by atoms with Crippen LogP contribution in [0.5, 0.6) is 5.75 Å². The molecule has 0 spiro atoms. The molecular formula is C23H29N3O3. The van der Waals surface area contributed by atoms with Crippen LogP contribution in [0.25, 0.3) is 0 Å². The molecule has 0 aliphatic carbocycles. The lowest BCUT2D eigenvalue weighted by Gasteiger charge is -2.29. The van der Waals surface area contributed by atoms with Crippen molar-refractivity contribution in [3.63, 3.8) is 0 Å². The summed E-state index contributed by atoms with van der Waals surface area (Å²) in [6.07, 6.45) is 0.250. The minimum atomic E-state index is -0.125. The van der Waals surface area contributed by atoms with Gasteiger partial charge in [-0.1, -0.05) is 50.2 Å². The molecular weight excluding hydrogens is 366 g/mol. The summed E-state index contributed by atoms with van der Waals surface area (Å²) >= 11 is 0. The quantitative estimate of drug-likeness (QED) is 0.709. The number of para-hydroxylation sites is 2. The standard InChI is InChI=1S/C23H29N3O3/c1-3-25(4-2)16-19-11-9-18(10-12-19)15-24-22(27)13-14-26-20-7-5-6-8-21(20)29-17-23(26)28/h5-12H,3-4,13-17H2,1-2H3,(H,24,27). The van der Waals surface area contributed by atoms with Crippen molar-refractivity contribution < 1.29 is 14.3 Å². The number of carbonyl (C=O) groups excluding carboxylic acids is 2. The molecule has 6 heteroatoms. The number of nitrogens with one attached hydrogen (secondary N) is 1. The predicted molar refractivity (Wildman–Crippen MR) is 114 cm³/mol. The normalized spacial score (nSPS) is 13.2. The van der Waals surface area contributed by atoms with Crippen LogP contribution < -0.4 is 15.0 Å². The molecule has 1 heterocycles. The molecule has 2 aromatic rings. The number of hydrogen-bond acceptors (Lipinski definition) is 4. The van der Waals surface area contributed by atoms with Gasteiger partial charge in [0.1, 0.15) is 5.75 Å². The zero-order valence-corrected chi connectivity index (χ0v) is 17.2. The number of nitrogens with zero attached hydrogens (tertiary/aromatic N) is 2. The maximum Gasteiger partial charge on any atom is 0.265 e. The largest absolute Gasteiger partial charge is 0.482 e. The third-order valence-corrected chi connectivity index (χ3v) is 5.18. The average Bonchev–Trinajstić information content (AvgIpc) is 2.76. The molecule has 154 valence electrons. The Bertz CT molecular complexity index is 832. The maximum atomic E-state index is 12.3. The summed E-state index contributed by atoms with van der Waals surface area (Å²) in [5.41, 5.74) is 3.06. The number of hydrogen-bond donors (Lipinski definition) is 1. The van der Waals surface area contributed by atoms with Crippen LogP contribution in [0.1, 0.15) is 31.4 Å². The van der Waals surface area contributed by atoms with Gasteiger partial charge in [0.05, 0.1) is 5.69 Å². The Morgan fingerprint density at radius 3 is 2.48 bits per heavy atom. The maximum absolute atomic E-state index is 12.3. The van der Waals surface area contributed by atoms with Crippen molar-refractivity contribution in [3.05, 3.63) is 59.7 Å². The molecule has 3 rings (SSSR count). The van der Waals surface area contributed by atoms with E-state index < -0.39 is 0 Å². The van der Waals surface area contributed by atoms with Crippen LogP contribution in [0.2, 0.25) is 0 Å². The second-order valence-electron chi connectivity index (χ2n) is 7.11. The lowest BCUT2D eigenvalue weighted by atomic mass is 10.1. The number of carbonyl (C=O) groups is 2. The van der Waals surface area contributed by atoms with Crippen LogP contribution in [-0.4, -0.2) is 43.0 Å². The number of fused-ring (bicyclic) bond motifs is 1. The van der Waals surface area contributed by atoms with Crippen LogP contribution in [0.4, 0.5) is 5.69 Å². The summed E-state index contributed by atoms with van der Waals surface area (Å²) in [6, 6.07) is 15.7. The molecule has 1 aliphatic rings. The number of rotatable bonds is 9. The van der Waals surface area contributed by atoms with Gasteiger partial charge in [-0.15, -0.1) is 0 Å². The monoisotopic (exact) mass is 395 g/mol. The van der Waals surface area contributed by atoms with Crippen molar-refractivity contribution in [2.75, 3.05) is 31.1 Å². The lowest BCUT2D eigenvalue weighted by molar-refractivity contribution is -0.122. The molecule has 0 radical (unpaired) electrons. The molecule has 2 amide bonds. The van der Waals surface area contributed by atoms with Gasteiger partial charge in [0.15, 0.2) is 6.61 Å². The van der Waals surface area contributed by atoms with Crippen molar-refractivity contribution in [2.24, 2.45) is 0 Å². The van der Waals surface area contributed by atoms with Gasteiger partial charge in [0.2, 0.25) is 5.91 Å². The summed E-state index contributed by atoms with van der Waals surface area (Å²) in [4.78, 5) is 28.4. The average molecular weight is 396 g/mol. The topological polar surface area (TPSA) is 61.9 Å². The third kappa shape index (κ3) is 5.57. The van der Waals surface area contributed by atoms with Gasteiger partial charge < -0.3 is 15.0 Å². The Hall–Kier alpha value is -2.86. The first-order valence-electron chi connectivity index (χ1n) is 10.2. The number of ether oxygens (including phenoxy) is 1. The van der Waals surface area contributed by atoms with Crippen molar-refractivity contribution in [3.8, 4) is 5.75 Å². The van der Waals surface area contributed by atoms with E-state index in [1.54, 1.807) is 4.90 Å². The summed E-state index contributed by atoms with van der Waals surface area (Å²) in [5, 5.41) is 2.94. The van der Waals surface area contributed by atoms with Gasteiger partial charge in [-0.25, -0.2) is 0 Å². The molecule has 0 saturated heterocycles. The van der Waals surface area contributed by atoms with Gasteiger partial charge >= 0.3 is 0 Å². The molecule has 2 aromatic carbocycles. The molecule has 0 atom stereocenters. The lowest BCUT2D eigenvalue weighted by Crippen LogP contribution is -2.41. The van der Waals surface area contributed by atoms with Gasteiger partial charge in [-0.2, -0.15) is 0 Å². The Kier molecular flexibility index (Phi) is 7.25. The minimum Gasteiger partial charge on any atom is -0.482 e. The second-order valence-corrected chi connectivity index (χ2v) is 7.11. The van der Waals surface area contributed by atoms with E-state index in [1.807, 2.05) is 24.3 Å². The van der Waals surface area contributed by atoms with Gasteiger partial charge in [0.25, 0.3) is 5.91 Å². The fourth-order valence-corrected chi connectivity index (χ4v) is 3.37. The smallest absolute Gasteiger partial charge is 0.265 e. The number of anilines is 1. The molecule has 0 saturated carbocycles. The number of amides is 2. The van der Waals surface area contributed by atoms with E-state index >= 15 is 0 Å². The summed E-state index contributed by atoms with van der Waals surface area (Å²) in [5.74, 6) is 0.478. The molecule has 0 aromatic heterocycles. The van der Waals surface area contributed by atoms with E-state index in [9.17, 15) is 9.59 Å². The fraction of sp³-hybridized carbons (Fsp3) is 0.391. The van der Waals surface area contributed by atoms with E-state index in [0.717, 1.165) is 30.9 Å². The van der Waals surface area contributed by atoms with E-state index in [1.165, 1.54) is 5.56 Å². The van der Waals surface area contributed by atoms with E-state index in [-0.39, 0.29) is 24.8 Å². The summed E-state index contributed by atoms with van der Waals surface area (Å²) in [6.45, 7) is 8.17. The van der Waals surface area contributed by atoms with Crippen molar-refractivity contribution in [1.82, 2.24) is 10.2 Å². The molecule has 6 nitrogen and oxygen atoms in total. The van der Waals surface area contributed by atoms with Gasteiger partial charge in [-0.3, -0.25) is 14.5 Å². The highest BCUT2D eigenvalue weighted by molar-refractivity contribution is 5.98. The minimum absolute atomic E-state index is 0.0124. The molecule has 29 heavy (non-hydrogen) atoms.